The van der Waals surface area contributed by atoms with Crippen LogP contribution in [0.2, 0.25) is 0 Å². The Morgan fingerprint density at radius 1 is 0.620 bits per heavy atom. The van der Waals surface area contributed by atoms with Crippen molar-refractivity contribution in [3.8, 4) is 0 Å². The van der Waals surface area contributed by atoms with Crippen LogP contribution in [0.25, 0.3) is 0 Å². The zero-order valence-electron chi connectivity index (χ0n) is 40.9. The highest BCUT2D eigenvalue weighted by atomic mass is 32.2. The summed E-state index contributed by atoms with van der Waals surface area (Å²) in [5, 5.41) is 12.6. The third-order valence-electron chi connectivity index (χ3n) is 15.0. The highest BCUT2D eigenvalue weighted by Gasteiger charge is 2.48. The molecule has 5 nitrogen and oxygen atoms in total. The van der Waals surface area contributed by atoms with Gasteiger partial charge < -0.3 is 10.7 Å². The van der Waals surface area contributed by atoms with E-state index in [2.05, 4.69) is 204 Å². The number of rotatable bonds is 23. The molecule has 0 radical (unpaired) electrons. The molecule has 1 amide bonds. The molecule has 2 aliphatic heterocycles. The quantitative estimate of drug-likeness (QED) is 0.0380. The SMILES string of the molecule is CCC(=N)[C@H]1C(c2ccc(F)cc2)CC2CCC1N2CCCN(CCSC(c1ccccc1)(c1ccccc1)c1ccccc1)CC(=O)NCCSC(c1ccccc1)(c1ccccc1)c1ccccc1. The molecule has 0 aliphatic carbocycles. The van der Waals surface area contributed by atoms with Crippen molar-refractivity contribution in [3.63, 3.8) is 0 Å². The number of nitrogens with zero attached hydrogens (tertiary/aromatic N) is 2. The van der Waals surface area contributed by atoms with E-state index in [9.17, 15) is 14.6 Å². The summed E-state index contributed by atoms with van der Waals surface area (Å²) in [4.78, 5) is 19.4. The molecule has 7 aromatic carbocycles. The van der Waals surface area contributed by atoms with Gasteiger partial charge in [-0.1, -0.05) is 201 Å². The van der Waals surface area contributed by atoms with E-state index in [4.69, 9.17) is 0 Å². The maximum absolute atomic E-state index is 14.3. The monoisotopic (exact) mass is 978 g/mol. The number of halogens is 1. The zero-order chi connectivity index (χ0) is 48.9. The number of carbonyl (C=O) groups is 1. The Bertz CT molecular complexity index is 2540. The van der Waals surface area contributed by atoms with Gasteiger partial charge in [0, 0.05) is 48.3 Å². The van der Waals surface area contributed by atoms with Gasteiger partial charge in [0.25, 0.3) is 0 Å². The van der Waals surface area contributed by atoms with Crippen LogP contribution < -0.4 is 5.32 Å². The van der Waals surface area contributed by atoms with Gasteiger partial charge in [0.15, 0.2) is 0 Å². The largest absolute Gasteiger partial charge is 0.354 e. The van der Waals surface area contributed by atoms with E-state index in [1.807, 2.05) is 35.7 Å². The van der Waals surface area contributed by atoms with Gasteiger partial charge in [0.05, 0.1) is 16.0 Å². The minimum Gasteiger partial charge on any atom is -0.354 e. The highest BCUT2D eigenvalue weighted by Crippen LogP contribution is 2.51. The second kappa shape index (κ2) is 24.1. The lowest BCUT2D eigenvalue weighted by Gasteiger charge is -2.45. The Balaban J connectivity index is 0.933. The van der Waals surface area contributed by atoms with Crippen molar-refractivity contribution in [3.05, 3.63) is 251 Å². The fourth-order valence-electron chi connectivity index (χ4n) is 11.7. The number of nitrogens with one attached hydrogen (secondary N) is 2. The third-order valence-corrected chi connectivity index (χ3v) is 18.0. The van der Waals surface area contributed by atoms with Crippen molar-refractivity contribution < 1.29 is 9.18 Å². The van der Waals surface area contributed by atoms with Crippen LogP contribution in [0.4, 0.5) is 4.39 Å². The minimum absolute atomic E-state index is 0.0393. The molecule has 2 fully saturated rings. The van der Waals surface area contributed by atoms with Gasteiger partial charge in [-0.15, -0.1) is 23.5 Å². The first kappa shape index (κ1) is 50.2. The van der Waals surface area contributed by atoms with Crippen molar-refractivity contribution >= 4 is 35.1 Å². The van der Waals surface area contributed by atoms with Gasteiger partial charge in [-0.05, 0) is 102 Å². The average Bonchev–Trinajstić information content (AvgIpc) is 3.70. The molecular formula is C63H67FN4OS2. The number of fused-ring (bicyclic) bond motifs is 2. The van der Waals surface area contributed by atoms with Crippen molar-refractivity contribution in [2.24, 2.45) is 5.92 Å². The molecule has 0 aromatic heterocycles. The first-order chi connectivity index (χ1) is 34.9. The molecule has 2 bridgehead atoms. The van der Waals surface area contributed by atoms with Gasteiger partial charge in [-0.25, -0.2) is 4.39 Å². The molecule has 364 valence electrons. The van der Waals surface area contributed by atoms with E-state index in [-0.39, 0.29) is 23.6 Å². The number of thioether (sulfide) groups is 2. The molecule has 9 rings (SSSR count). The lowest BCUT2D eigenvalue weighted by molar-refractivity contribution is -0.122. The highest BCUT2D eigenvalue weighted by molar-refractivity contribution is 8.00. The van der Waals surface area contributed by atoms with Crippen LogP contribution >= 0.6 is 23.5 Å². The number of hydrogen-bond acceptors (Lipinski definition) is 6. The number of benzene rings is 7. The van der Waals surface area contributed by atoms with Gasteiger partial charge in [-0.3, -0.25) is 14.6 Å². The average molecular weight is 979 g/mol. The fourth-order valence-corrected chi connectivity index (χ4v) is 14.7. The third kappa shape index (κ3) is 11.3. The molecule has 4 atom stereocenters. The summed E-state index contributed by atoms with van der Waals surface area (Å²) in [5.74, 6) is 1.70. The van der Waals surface area contributed by atoms with Crippen LogP contribution in [-0.2, 0) is 14.3 Å². The summed E-state index contributed by atoms with van der Waals surface area (Å²) in [7, 11) is 0. The summed E-state index contributed by atoms with van der Waals surface area (Å²) < 4.78 is 13.2. The van der Waals surface area contributed by atoms with Crippen LogP contribution in [0.1, 0.15) is 83.9 Å². The molecule has 2 aliphatic rings. The summed E-state index contributed by atoms with van der Waals surface area (Å²) in [5.41, 5.74) is 9.27. The Morgan fingerprint density at radius 2 is 1.06 bits per heavy atom. The van der Waals surface area contributed by atoms with Crippen molar-refractivity contribution in [2.45, 2.75) is 66.5 Å². The van der Waals surface area contributed by atoms with Crippen LogP contribution in [0, 0.1) is 17.1 Å². The number of carbonyl (C=O) groups excluding carboxylic acids is 1. The first-order valence-corrected chi connectivity index (χ1v) is 27.6. The molecule has 8 heteroatoms. The summed E-state index contributed by atoms with van der Waals surface area (Å²) in [6.07, 6.45) is 4.83. The predicted octanol–water partition coefficient (Wildman–Crippen LogP) is 13.5. The molecule has 2 heterocycles. The fraction of sp³-hybridized carbons (Fsp3) is 0.302. The molecule has 0 saturated carbocycles. The van der Waals surface area contributed by atoms with E-state index in [0.717, 1.165) is 74.5 Å². The van der Waals surface area contributed by atoms with Gasteiger partial charge >= 0.3 is 0 Å². The minimum atomic E-state index is -0.456. The number of hydrogen-bond donors (Lipinski definition) is 2. The Labute approximate surface area is 430 Å². The van der Waals surface area contributed by atoms with Crippen molar-refractivity contribution in [2.75, 3.05) is 44.2 Å². The molecule has 2 saturated heterocycles. The molecule has 3 unspecified atom stereocenters. The van der Waals surface area contributed by atoms with Gasteiger partial charge in [-0.2, -0.15) is 0 Å². The van der Waals surface area contributed by atoms with Crippen LogP contribution in [0.15, 0.2) is 206 Å². The van der Waals surface area contributed by atoms with Gasteiger partial charge in [0.1, 0.15) is 5.82 Å². The predicted molar refractivity (Wildman–Crippen MR) is 296 cm³/mol. The smallest absolute Gasteiger partial charge is 0.234 e. The Kier molecular flexibility index (Phi) is 17.0. The standard InChI is InChI=1S/C63H67FN4OS2/c1-2-58(65)61-57(48-34-36-55(64)37-35-48)46-56-38-39-59(61)68(56)42-21-41-67(43-45-71-63(52-28-15-6-16-29-52,53-30-17-7-18-31-53)54-32-19-8-20-33-54)47-60(69)66-40-44-70-62(49-22-9-3-10-23-49,50-24-11-4-12-25-50)51-26-13-5-14-27-51/h3-20,22-37,56-57,59,61,65H,2,21,38-47H2,1H3,(H,66,69)/t56?,57?,59?,61-/m1/s1. The molecule has 71 heavy (non-hydrogen) atoms. The Morgan fingerprint density at radius 3 is 1.49 bits per heavy atom. The zero-order valence-corrected chi connectivity index (χ0v) is 42.6. The maximum atomic E-state index is 14.3. The first-order valence-electron chi connectivity index (χ1n) is 25.6. The second-order valence-corrected chi connectivity index (χ2v) is 21.7. The van der Waals surface area contributed by atoms with Crippen LogP contribution in [0.3, 0.4) is 0 Å². The number of amides is 1. The van der Waals surface area contributed by atoms with E-state index in [0.29, 0.717) is 25.2 Å². The molecule has 2 N–H and O–H groups in total. The van der Waals surface area contributed by atoms with Crippen molar-refractivity contribution in [1.29, 1.82) is 5.41 Å². The van der Waals surface area contributed by atoms with E-state index in [1.54, 1.807) is 12.1 Å². The molecule has 0 spiro atoms. The maximum Gasteiger partial charge on any atom is 0.234 e. The van der Waals surface area contributed by atoms with E-state index >= 15 is 0 Å². The topological polar surface area (TPSA) is 59.4 Å². The van der Waals surface area contributed by atoms with Gasteiger partial charge in [0.2, 0.25) is 5.91 Å². The second-order valence-electron chi connectivity index (χ2n) is 19.1. The summed E-state index contributed by atoms with van der Waals surface area (Å²) in [6.45, 7) is 5.39. The lowest BCUT2D eigenvalue weighted by atomic mass is 9.73. The summed E-state index contributed by atoms with van der Waals surface area (Å²) in [6, 6.07) is 72.5. The van der Waals surface area contributed by atoms with E-state index in [1.165, 1.54) is 33.4 Å². The summed E-state index contributed by atoms with van der Waals surface area (Å²) >= 11 is 3.81. The molecule has 7 aromatic rings. The Hall–Kier alpha value is -5.77. The number of piperidine rings is 1. The van der Waals surface area contributed by atoms with Crippen molar-refractivity contribution in [1.82, 2.24) is 15.1 Å². The lowest BCUT2D eigenvalue weighted by Crippen LogP contribution is -2.51. The van der Waals surface area contributed by atoms with Crippen LogP contribution in [0.5, 0.6) is 0 Å². The normalized spacial score (nSPS) is 18.1. The van der Waals surface area contributed by atoms with E-state index < -0.39 is 9.49 Å². The molecular weight excluding hydrogens is 912 g/mol. The van der Waals surface area contributed by atoms with Crippen LogP contribution in [-0.4, -0.2) is 77.7 Å².